The molecule has 0 aliphatic rings. The molecule has 2 rings (SSSR count). The fourth-order valence-corrected chi connectivity index (χ4v) is 0.642. The molecule has 0 saturated heterocycles. The van der Waals surface area contributed by atoms with Crippen LogP contribution in [-0.2, 0) is 24.2 Å². The topological polar surface area (TPSA) is 0 Å². The second-order valence-corrected chi connectivity index (χ2v) is 1.92. The van der Waals surface area contributed by atoms with Crippen LogP contribution in [-0.4, -0.2) is 4.21 Å². The zero-order valence-electron chi connectivity index (χ0n) is 6.98. The first-order valence-electron chi connectivity index (χ1n) is 3.69. The van der Waals surface area contributed by atoms with Gasteiger partial charge < -0.3 is 0 Å². The zero-order valence-corrected chi connectivity index (χ0v) is 9.44. The predicted molar refractivity (Wildman–Crippen MR) is 51.2 cm³/mol. The van der Waals surface area contributed by atoms with E-state index in [1.54, 1.807) is 0 Å². The van der Waals surface area contributed by atoms with Crippen LogP contribution in [0.3, 0.4) is 0 Å². The van der Waals surface area contributed by atoms with Crippen LogP contribution in [0.5, 0.6) is 0 Å². The summed E-state index contributed by atoms with van der Waals surface area (Å²) in [5.74, 6) is 0. The molecule has 2 aromatic carbocycles. The molecule has 1 heteroatoms. The summed E-state index contributed by atoms with van der Waals surface area (Å²) in [6, 6.07) is 20.0. The van der Waals surface area contributed by atoms with E-state index in [4.69, 9.17) is 0 Å². The van der Waals surface area contributed by atoms with Gasteiger partial charge in [0.25, 0.3) is 0 Å². The summed E-state index contributed by atoms with van der Waals surface area (Å²) < 4.78 is 3.34. The molecular formula is C11H12Zr. The van der Waals surface area contributed by atoms with E-state index in [0.29, 0.717) is 0 Å². The van der Waals surface area contributed by atoms with Gasteiger partial charge in [-0.1, -0.05) is 0 Å². The molecule has 0 saturated carbocycles. The van der Waals surface area contributed by atoms with Gasteiger partial charge in [0.15, 0.2) is 0 Å². The average Bonchev–Trinajstić information content (AvgIpc) is 2.87. The number of rotatable bonds is 0. The Balaban J connectivity index is 0.000000168. The van der Waals surface area contributed by atoms with E-state index in [2.05, 4.69) is 4.21 Å². The Morgan fingerprint density at radius 3 is 1.00 bits per heavy atom. The van der Waals surface area contributed by atoms with Crippen molar-refractivity contribution in [2.75, 3.05) is 0 Å². The Labute approximate surface area is 88.9 Å². The van der Waals surface area contributed by atoms with E-state index in [-0.39, 0.29) is 0 Å². The molecule has 0 spiro atoms. The molecule has 12 heavy (non-hydrogen) atoms. The first-order valence-corrected chi connectivity index (χ1v) is 5.42. The Bertz CT molecular complexity index is 157. The van der Waals surface area contributed by atoms with Crippen LogP contribution < -0.4 is 0 Å². The minimum absolute atomic E-state index is 1.30. The summed E-state index contributed by atoms with van der Waals surface area (Å²) in [5, 5.41) is 0. The van der Waals surface area contributed by atoms with E-state index < -0.39 is 0 Å². The SMILES string of the molecule is [CH2]=[Zr+2].c1cc[cH-]c1.c1cc[cH-]c1. The molecule has 0 aliphatic heterocycles. The van der Waals surface area contributed by atoms with Crippen LogP contribution >= 0.6 is 0 Å². The van der Waals surface area contributed by atoms with E-state index in [1.165, 1.54) is 24.2 Å². The van der Waals surface area contributed by atoms with Gasteiger partial charge in [-0.25, -0.2) is 24.3 Å². The summed E-state index contributed by atoms with van der Waals surface area (Å²) in [6.45, 7) is 0. The van der Waals surface area contributed by atoms with Gasteiger partial charge in [0.1, 0.15) is 0 Å². The fraction of sp³-hybridized carbons (Fsp3) is 0. The second-order valence-electron chi connectivity index (χ2n) is 1.92. The van der Waals surface area contributed by atoms with E-state index in [0.717, 1.165) is 0 Å². The number of hydrogen-bond donors (Lipinski definition) is 0. The monoisotopic (exact) mass is 234 g/mol. The summed E-state index contributed by atoms with van der Waals surface area (Å²) >= 11 is 1.30. The molecule has 0 heterocycles. The third-order valence-electron chi connectivity index (χ3n) is 1.11. The Hall–Kier alpha value is -0.547. The minimum Gasteiger partial charge on any atom is -0.214 e. The van der Waals surface area contributed by atoms with Gasteiger partial charge in [-0.3, -0.25) is 0 Å². The maximum absolute atomic E-state index is 3.34. The van der Waals surface area contributed by atoms with Gasteiger partial charge in [0.2, 0.25) is 0 Å². The standard InChI is InChI=1S/2C5H5.CH2.Zr/c2*1-2-4-5-3-1;;/h2*1-5H;1H2;/q2*-1;;+2. The smallest absolute Gasteiger partial charge is 0.172 e. The van der Waals surface area contributed by atoms with E-state index in [9.17, 15) is 0 Å². The van der Waals surface area contributed by atoms with Gasteiger partial charge in [-0.15, -0.1) is 0 Å². The molecule has 0 unspecified atom stereocenters. The Morgan fingerprint density at radius 1 is 0.667 bits per heavy atom. The van der Waals surface area contributed by atoms with Gasteiger partial charge in [-0.2, -0.15) is 36.4 Å². The average molecular weight is 235 g/mol. The van der Waals surface area contributed by atoms with Crippen molar-refractivity contribution >= 4 is 4.21 Å². The maximum atomic E-state index is 3.34. The third-order valence-corrected chi connectivity index (χ3v) is 1.11. The molecule has 0 amide bonds. The molecule has 0 aliphatic carbocycles. The quantitative estimate of drug-likeness (QED) is 0.616. The van der Waals surface area contributed by atoms with Crippen LogP contribution in [0.15, 0.2) is 60.7 Å². The Kier molecular flexibility index (Phi) is 9.98. The molecule has 0 bridgehead atoms. The maximum Gasteiger partial charge on any atom is -0.172 e. The van der Waals surface area contributed by atoms with Crippen molar-refractivity contribution in [1.82, 2.24) is 0 Å². The van der Waals surface area contributed by atoms with Gasteiger partial charge in [0.05, 0.1) is 0 Å². The van der Waals surface area contributed by atoms with Gasteiger partial charge >= 0.3 is 28.4 Å². The molecular weight excluding hydrogens is 223 g/mol. The van der Waals surface area contributed by atoms with Crippen LogP contribution in [0, 0.1) is 0 Å². The first-order chi connectivity index (χ1) is 6.00. The predicted octanol–water partition coefficient (Wildman–Crippen LogP) is 2.78. The van der Waals surface area contributed by atoms with Gasteiger partial charge in [0, 0.05) is 0 Å². The van der Waals surface area contributed by atoms with Gasteiger partial charge in [-0.05, 0) is 0 Å². The third kappa shape index (κ3) is 7.56. The molecule has 0 aromatic heterocycles. The molecule has 0 radical (unpaired) electrons. The van der Waals surface area contributed by atoms with Crippen LogP contribution in [0.1, 0.15) is 0 Å². The summed E-state index contributed by atoms with van der Waals surface area (Å²) in [7, 11) is 0. The normalized spacial score (nSPS) is 7.17. The van der Waals surface area contributed by atoms with Crippen LogP contribution in [0.25, 0.3) is 0 Å². The fourth-order valence-electron chi connectivity index (χ4n) is 0.642. The molecule has 0 fully saturated rings. The van der Waals surface area contributed by atoms with Crippen LogP contribution in [0.2, 0.25) is 0 Å². The summed E-state index contributed by atoms with van der Waals surface area (Å²) in [6.07, 6.45) is 0. The number of hydrogen-bond acceptors (Lipinski definition) is 0. The van der Waals surface area contributed by atoms with Crippen molar-refractivity contribution in [3.63, 3.8) is 0 Å². The first kappa shape index (κ1) is 11.5. The zero-order chi connectivity index (χ0) is 9.07. The summed E-state index contributed by atoms with van der Waals surface area (Å²) in [4.78, 5) is 0. The van der Waals surface area contributed by atoms with Crippen molar-refractivity contribution in [2.24, 2.45) is 0 Å². The molecule has 0 atom stereocenters. The summed E-state index contributed by atoms with van der Waals surface area (Å²) in [5.41, 5.74) is 0. The molecule has 2 aromatic rings. The Morgan fingerprint density at radius 2 is 0.917 bits per heavy atom. The van der Waals surface area contributed by atoms with Crippen LogP contribution in [0.4, 0.5) is 0 Å². The largest absolute Gasteiger partial charge is 0.214 e. The van der Waals surface area contributed by atoms with Crippen molar-refractivity contribution < 1.29 is 24.2 Å². The second kappa shape index (κ2) is 10.5. The van der Waals surface area contributed by atoms with E-state index in [1.807, 2.05) is 60.7 Å². The van der Waals surface area contributed by atoms with Crippen molar-refractivity contribution in [2.45, 2.75) is 0 Å². The molecule has 60 valence electrons. The molecule has 0 nitrogen and oxygen atoms in total. The minimum atomic E-state index is 1.30. The van der Waals surface area contributed by atoms with Crippen molar-refractivity contribution in [3.05, 3.63) is 60.7 Å². The van der Waals surface area contributed by atoms with Crippen molar-refractivity contribution in [1.29, 1.82) is 0 Å². The molecule has 0 N–H and O–H groups in total. The van der Waals surface area contributed by atoms with Crippen molar-refractivity contribution in [3.8, 4) is 0 Å². The van der Waals surface area contributed by atoms with E-state index >= 15 is 0 Å².